The van der Waals surface area contributed by atoms with Gasteiger partial charge in [0.1, 0.15) is 11.5 Å². The molecule has 1 atom stereocenters. The van der Waals surface area contributed by atoms with Crippen molar-refractivity contribution < 1.29 is 19.1 Å². The molecule has 0 spiro atoms. The van der Waals surface area contributed by atoms with E-state index in [9.17, 15) is 9.59 Å². The SMILES string of the molecule is CCOc1ccc(N2CC(CNC(=O)COc3ccc(Cl)cc3)CC2=O)cc1. The molecule has 1 saturated heterocycles. The van der Waals surface area contributed by atoms with E-state index in [4.69, 9.17) is 21.1 Å². The third-order valence-corrected chi connectivity index (χ3v) is 4.69. The van der Waals surface area contributed by atoms with Crippen molar-refractivity contribution in [2.45, 2.75) is 13.3 Å². The van der Waals surface area contributed by atoms with Crippen LogP contribution in [0.1, 0.15) is 13.3 Å². The number of anilines is 1. The van der Waals surface area contributed by atoms with Gasteiger partial charge in [0.2, 0.25) is 5.91 Å². The fraction of sp³-hybridized carbons (Fsp3) is 0.333. The van der Waals surface area contributed by atoms with Crippen LogP contribution in [0.3, 0.4) is 0 Å². The average Bonchev–Trinajstić information content (AvgIpc) is 3.07. The lowest BCUT2D eigenvalue weighted by Gasteiger charge is -2.17. The summed E-state index contributed by atoms with van der Waals surface area (Å²) in [6.07, 6.45) is 0.408. The van der Waals surface area contributed by atoms with Gasteiger partial charge in [-0.1, -0.05) is 11.6 Å². The van der Waals surface area contributed by atoms with Crippen molar-refractivity contribution >= 4 is 29.1 Å². The summed E-state index contributed by atoms with van der Waals surface area (Å²) >= 11 is 5.81. The zero-order valence-electron chi connectivity index (χ0n) is 15.7. The number of rotatable bonds is 8. The molecule has 0 bridgehead atoms. The summed E-state index contributed by atoms with van der Waals surface area (Å²) in [5.41, 5.74) is 0.841. The van der Waals surface area contributed by atoms with E-state index in [-0.39, 0.29) is 24.3 Å². The fourth-order valence-electron chi connectivity index (χ4n) is 3.05. The van der Waals surface area contributed by atoms with Crippen LogP contribution in [0.15, 0.2) is 48.5 Å². The standard InChI is InChI=1S/C21H23ClN2O4/c1-2-27-18-9-5-17(6-10-18)24-13-15(11-21(24)26)12-23-20(25)14-28-19-7-3-16(22)4-8-19/h3-10,15H,2,11-14H2,1H3,(H,23,25). The number of halogens is 1. The zero-order valence-corrected chi connectivity index (χ0v) is 16.4. The normalized spacial score (nSPS) is 16.1. The maximum Gasteiger partial charge on any atom is 0.257 e. The molecule has 7 heteroatoms. The molecule has 3 rings (SSSR count). The Hall–Kier alpha value is -2.73. The molecule has 6 nitrogen and oxygen atoms in total. The fourth-order valence-corrected chi connectivity index (χ4v) is 3.17. The van der Waals surface area contributed by atoms with Crippen LogP contribution in [-0.2, 0) is 9.59 Å². The minimum absolute atomic E-state index is 0.0563. The summed E-state index contributed by atoms with van der Waals surface area (Å²) < 4.78 is 10.8. The number of ether oxygens (including phenoxy) is 2. The van der Waals surface area contributed by atoms with Gasteiger partial charge in [0.25, 0.3) is 5.91 Å². The van der Waals surface area contributed by atoms with Crippen LogP contribution in [-0.4, -0.2) is 38.1 Å². The van der Waals surface area contributed by atoms with Crippen molar-refractivity contribution in [3.8, 4) is 11.5 Å². The highest BCUT2D eigenvalue weighted by Gasteiger charge is 2.30. The van der Waals surface area contributed by atoms with E-state index in [1.165, 1.54) is 0 Å². The number of nitrogens with zero attached hydrogens (tertiary/aromatic N) is 1. The molecule has 0 radical (unpaired) electrons. The topological polar surface area (TPSA) is 67.9 Å². The lowest BCUT2D eigenvalue weighted by Crippen LogP contribution is -2.34. The Labute approximate surface area is 169 Å². The Morgan fingerprint density at radius 2 is 1.75 bits per heavy atom. The monoisotopic (exact) mass is 402 g/mol. The molecule has 1 aliphatic rings. The van der Waals surface area contributed by atoms with Crippen LogP contribution in [0.5, 0.6) is 11.5 Å². The van der Waals surface area contributed by atoms with Gasteiger partial charge in [-0.2, -0.15) is 0 Å². The first kappa shape index (κ1) is 20.0. The van der Waals surface area contributed by atoms with Gasteiger partial charge in [0, 0.05) is 36.1 Å². The summed E-state index contributed by atoms with van der Waals surface area (Å²) in [7, 11) is 0. The van der Waals surface area contributed by atoms with Crippen molar-refractivity contribution in [3.05, 3.63) is 53.6 Å². The molecule has 28 heavy (non-hydrogen) atoms. The highest BCUT2D eigenvalue weighted by molar-refractivity contribution is 6.30. The number of hydrogen-bond donors (Lipinski definition) is 1. The van der Waals surface area contributed by atoms with Crippen LogP contribution in [0.25, 0.3) is 0 Å². The Morgan fingerprint density at radius 3 is 2.43 bits per heavy atom. The Bertz CT molecular complexity index is 808. The Morgan fingerprint density at radius 1 is 1.11 bits per heavy atom. The van der Waals surface area contributed by atoms with Crippen molar-refractivity contribution in [2.24, 2.45) is 5.92 Å². The van der Waals surface area contributed by atoms with Gasteiger partial charge < -0.3 is 19.7 Å². The lowest BCUT2D eigenvalue weighted by molar-refractivity contribution is -0.123. The van der Waals surface area contributed by atoms with Gasteiger partial charge in [-0.3, -0.25) is 9.59 Å². The first-order valence-corrected chi connectivity index (χ1v) is 9.61. The number of benzene rings is 2. The second-order valence-electron chi connectivity index (χ2n) is 6.55. The second-order valence-corrected chi connectivity index (χ2v) is 6.98. The predicted octanol–water partition coefficient (Wildman–Crippen LogP) is 3.29. The smallest absolute Gasteiger partial charge is 0.257 e. The molecule has 0 aliphatic carbocycles. The molecule has 1 N–H and O–H groups in total. The van der Waals surface area contributed by atoms with E-state index in [2.05, 4.69) is 5.32 Å². The largest absolute Gasteiger partial charge is 0.494 e. The summed E-state index contributed by atoms with van der Waals surface area (Å²) in [4.78, 5) is 26.1. The second kappa shape index (κ2) is 9.46. The van der Waals surface area contributed by atoms with Crippen LogP contribution >= 0.6 is 11.6 Å². The Kier molecular flexibility index (Phi) is 6.76. The summed E-state index contributed by atoms with van der Waals surface area (Å²) in [5, 5.41) is 3.45. The molecule has 0 aromatic heterocycles. The van der Waals surface area contributed by atoms with Gasteiger partial charge >= 0.3 is 0 Å². The summed E-state index contributed by atoms with van der Waals surface area (Å²) in [6, 6.07) is 14.3. The third kappa shape index (κ3) is 5.39. The van der Waals surface area contributed by atoms with E-state index >= 15 is 0 Å². The molecular weight excluding hydrogens is 380 g/mol. The van der Waals surface area contributed by atoms with E-state index < -0.39 is 0 Å². The van der Waals surface area contributed by atoms with Crippen molar-refractivity contribution in [1.82, 2.24) is 5.32 Å². The predicted molar refractivity (Wildman–Crippen MR) is 108 cm³/mol. The maximum absolute atomic E-state index is 12.3. The van der Waals surface area contributed by atoms with Crippen LogP contribution in [0.4, 0.5) is 5.69 Å². The van der Waals surface area contributed by atoms with Gasteiger partial charge in [-0.25, -0.2) is 0 Å². The van der Waals surface area contributed by atoms with Crippen LogP contribution in [0, 0.1) is 5.92 Å². The molecular formula is C21H23ClN2O4. The minimum atomic E-state index is -0.220. The number of amides is 2. The highest BCUT2D eigenvalue weighted by Crippen LogP contribution is 2.26. The molecule has 1 fully saturated rings. The van der Waals surface area contributed by atoms with Gasteiger partial charge in [-0.05, 0) is 55.5 Å². The van der Waals surface area contributed by atoms with Gasteiger partial charge in [0.15, 0.2) is 6.61 Å². The summed E-state index contributed by atoms with van der Waals surface area (Å²) in [5.74, 6) is 1.26. The third-order valence-electron chi connectivity index (χ3n) is 4.44. The zero-order chi connectivity index (χ0) is 19.9. The minimum Gasteiger partial charge on any atom is -0.494 e. The quantitative estimate of drug-likeness (QED) is 0.735. The molecule has 2 aromatic rings. The maximum atomic E-state index is 12.3. The van der Waals surface area contributed by atoms with E-state index in [1.54, 1.807) is 29.2 Å². The molecule has 1 heterocycles. The first-order valence-electron chi connectivity index (χ1n) is 9.23. The lowest BCUT2D eigenvalue weighted by atomic mass is 10.1. The molecule has 148 valence electrons. The number of carbonyl (C=O) groups excluding carboxylic acids is 2. The van der Waals surface area contributed by atoms with Crippen molar-refractivity contribution in [3.63, 3.8) is 0 Å². The average molecular weight is 403 g/mol. The number of hydrogen-bond acceptors (Lipinski definition) is 4. The molecule has 2 aromatic carbocycles. The van der Waals surface area contributed by atoms with Gasteiger partial charge in [0.05, 0.1) is 6.61 Å². The van der Waals surface area contributed by atoms with E-state index in [1.807, 2.05) is 31.2 Å². The molecule has 2 amide bonds. The highest BCUT2D eigenvalue weighted by atomic mass is 35.5. The number of nitrogens with one attached hydrogen (secondary N) is 1. The van der Waals surface area contributed by atoms with Crippen molar-refractivity contribution in [1.29, 1.82) is 0 Å². The van der Waals surface area contributed by atoms with Crippen molar-refractivity contribution in [2.75, 3.05) is 31.2 Å². The van der Waals surface area contributed by atoms with E-state index in [0.29, 0.717) is 36.9 Å². The van der Waals surface area contributed by atoms with Crippen LogP contribution < -0.4 is 19.7 Å². The van der Waals surface area contributed by atoms with E-state index in [0.717, 1.165) is 11.4 Å². The van der Waals surface area contributed by atoms with Crippen LogP contribution in [0.2, 0.25) is 5.02 Å². The molecule has 1 aliphatic heterocycles. The number of carbonyl (C=O) groups is 2. The molecule has 0 saturated carbocycles. The molecule has 1 unspecified atom stereocenters. The first-order chi connectivity index (χ1) is 13.5. The Balaban J connectivity index is 1.44. The van der Waals surface area contributed by atoms with Gasteiger partial charge in [-0.15, -0.1) is 0 Å². The summed E-state index contributed by atoms with van der Waals surface area (Å²) in [6.45, 7) is 3.46.